The number of hydrazine groups is 1. The number of rotatable bonds is 5. The maximum atomic E-state index is 13.6. The van der Waals surface area contributed by atoms with E-state index in [-0.39, 0.29) is 21.4 Å². The van der Waals surface area contributed by atoms with E-state index in [9.17, 15) is 19.2 Å². The number of fused-ring (bicyclic) bond motifs is 1. The molecular weight excluding hydrogens is 451 g/mol. The Labute approximate surface area is 196 Å². The SMILES string of the molecule is C[C@H](C(=O)c1ccccc1)N(C(=O)c1ccc(Cl)c(Cl)c1)N1C(=O)[C@@H]2CCCC[C@H]2C1=O. The third kappa shape index (κ3) is 3.93. The fourth-order valence-electron chi connectivity index (χ4n) is 4.51. The quantitative estimate of drug-likeness (QED) is 0.462. The van der Waals surface area contributed by atoms with Crippen LogP contribution in [0, 0.1) is 11.8 Å². The zero-order valence-electron chi connectivity index (χ0n) is 17.5. The monoisotopic (exact) mass is 472 g/mol. The van der Waals surface area contributed by atoms with Crippen LogP contribution in [0.5, 0.6) is 0 Å². The smallest absolute Gasteiger partial charge is 0.273 e. The van der Waals surface area contributed by atoms with Crippen LogP contribution in [0.15, 0.2) is 48.5 Å². The number of amides is 3. The number of carbonyl (C=O) groups is 4. The summed E-state index contributed by atoms with van der Waals surface area (Å²) in [6.07, 6.45) is 2.91. The van der Waals surface area contributed by atoms with Crippen LogP contribution in [0.1, 0.15) is 53.3 Å². The summed E-state index contributed by atoms with van der Waals surface area (Å²) in [6, 6.07) is 11.7. The highest BCUT2D eigenvalue weighted by Crippen LogP contribution is 2.39. The molecular formula is C24H22Cl2N2O4. The molecule has 32 heavy (non-hydrogen) atoms. The molecule has 2 fully saturated rings. The molecule has 2 aromatic carbocycles. The van der Waals surface area contributed by atoms with Gasteiger partial charge in [-0.25, -0.2) is 5.01 Å². The predicted molar refractivity (Wildman–Crippen MR) is 120 cm³/mol. The lowest BCUT2D eigenvalue weighted by atomic mass is 9.81. The van der Waals surface area contributed by atoms with Crippen molar-refractivity contribution in [1.29, 1.82) is 0 Å². The largest absolute Gasteiger partial charge is 0.292 e. The number of Topliss-reactive ketones (excluding diaryl/α,β-unsaturated/α-hetero) is 1. The number of hydrogen-bond acceptors (Lipinski definition) is 4. The van der Waals surface area contributed by atoms with Gasteiger partial charge in [-0.05, 0) is 38.0 Å². The van der Waals surface area contributed by atoms with Crippen LogP contribution in [0.25, 0.3) is 0 Å². The van der Waals surface area contributed by atoms with E-state index in [1.807, 2.05) is 0 Å². The minimum absolute atomic E-state index is 0.127. The molecule has 2 aliphatic rings. The highest BCUT2D eigenvalue weighted by molar-refractivity contribution is 6.42. The van der Waals surface area contributed by atoms with Crippen LogP contribution in [0.4, 0.5) is 0 Å². The highest BCUT2D eigenvalue weighted by Gasteiger charge is 2.53. The van der Waals surface area contributed by atoms with E-state index in [0.717, 1.165) is 22.9 Å². The standard InChI is InChI=1S/C24H22Cl2N2O4/c1-14(21(29)15-7-3-2-4-8-15)27(22(30)16-11-12-19(25)20(26)13-16)28-23(31)17-9-5-6-10-18(17)24(28)32/h2-4,7-8,11-14,17-18H,5-6,9-10H2,1H3/t14-,17-,18-/m1/s1. The van der Waals surface area contributed by atoms with Gasteiger partial charge in [0.2, 0.25) is 0 Å². The van der Waals surface area contributed by atoms with E-state index in [1.165, 1.54) is 25.1 Å². The molecule has 8 heteroatoms. The van der Waals surface area contributed by atoms with E-state index in [2.05, 4.69) is 0 Å². The summed E-state index contributed by atoms with van der Waals surface area (Å²) in [4.78, 5) is 53.4. The van der Waals surface area contributed by atoms with Crippen molar-refractivity contribution in [2.75, 3.05) is 0 Å². The van der Waals surface area contributed by atoms with Gasteiger partial charge < -0.3 is 0 Å². The average Bonchev–Trinajstić information content (AvgIpc) is 3.06. The number of hydrogen-bond donors (Lipinski definition) is 0. The minimum atomic E-state index is -1.09. The lowest BCUT2D eigenvalue weighted by molar-refractivity contribution is -0.156. The van der Waals surface area contributed by atoms with E-state index >= 15 is 0 Å². The second-order valence-electron chi connectivity index (χ2n) is 8.17. The molecule has 1 aliphatic heterocycles. The van der Waals surface area contributed by atoms with Crippen molar-refractivity contribution in [3.8, 4) is 0 Å². The van der Waals surface area contributed by atoms with Crippen molar-refractivity contribution < 1.29 is 19.2 Å². The first-order chi connectivity index (χ1) is 15.3. The zero-order valence-corrected chi connectivity index (χ0v) is 19.0. The molecule has 1 aliphatic carbocycles. The molecule has 0 spiro atoms. The maximum absolute atomic E-state index is 13.6. The van der Waals surface area contributed by atoms with Gasteiger partial charge in [0, 0.05) is 11.1 Å². The minimum Gasteiger partial charge on any atom is -0.292 e. The number of imide groups is 1. The van der Waals surface area contributed by atoms with Crippen molar-refractivity contribution in [2.45, 2.75) is 38.6 Å². The first-order valence-corrected chi connectivity index (χ1v) is 11.3. The van der Waals surface area contributed by atoms with Gasteiger partial charge in [0.25, 0.3) is 17.7 Å². The second-order valence-corrected chi connectivity index (χ2v) is 8.98. The summed E-state index contributed by atoms with van der Waals surface area (Å²) >= 11 is 12.1. The molecule has 0 unspecified atom stereocenters. The molecule has 4 rings (SSSR count). The zero-order chi connectivity index (χ0) is 23.0. The van der Waals surface area contributed by atoms with Gasteiger partial charge in [-0.2, -0.15) is 5.01 Å². The van der Waals surface area contributed by atoms with Gasteiger partial charge in [0.05, 0.1) is 21.9 Å². The molecule has 6 nitrogen and oxygen atoms in total. The Morgan fingerprint density at radius 3 is 2.06 bits per heavy atom. The lowest BCUT2D eigenvalue weighted by Crippen LogP contribution is -2.56. The van der Waals surface area contributed by atoms with Gasteiger partial charge in [-0.15, -0.1) is 0 Å². The van der Waals surface area contributed by atoms with Crippen molar-refractivity contribution in [3.05, 3.63) is 69.7 Å². The van der Waals surface area contributed by atoms with Gasteiger partial charge in [-0.3, -0.25) is 19.2 Å². The van der Waals surface area contributed by atoms with Gasteiger partial charge in [0.1, 0.15) is 6.04 Å². The third-order valence-corrected chi connectivity index (χ3v) is 6.95. The van der Waals surface area contributed by atoms with Gasteiger partial charge in [-0.1, -0.05) is 66.4 Å². The van der Waals surface area contributed by atoms with Crippen molar-refractivity contribution in [1.82, 2.24) is 10.0 Å². The fourth-order valence-corrected chi connectivity index (χ4v) is 4.81. The van der Waals surface area contributed by atoms with Crippen LogP contribution < -0.4 is 0 Å². The molecule has 166 valence electrons. The van der Waals surface area contributed by atoms with Crippen LogP contribution >= 0.6 is 23.2 Å². The Morgan fingerprint density at radius 2 is 1.50 bits per heavy atom. The van der Waals surface area contributed by atoms with Crippen molar-refractivity contribution in [2.24, 2.45) is 11.8 Å². The molecule has 0 radical (unpaired) electrons. The van der Waals surface area contributed by atoms with Crippen LogP contribution in [-0.4, -0.2) is 39.6 Å². The normalized spacial score (nSPS) is 21.3. The first kappa shape index (κ1) is 22.5. The summed E-state index contributed by atoms with van der Waals surface area (Å²) < 4.78 is 0. The summed E-state index contributed by atoms with van der Waals surface area (Å²) in [7, 11) is 0. The van der Waals surface area contributed by atoms with E-state index < -0.39 is 35.6 Å². The van der Waals surface area contributed by atoms with Crippen LogP contribution in [-0.2, 0) is 9.59 Å². The van der Waals surface area contributed by atoms with Crippen molar-refractivity contribution >= 4 is 46.7 Å². The maximum Gasteiger partial charge on any atom is 0.273 e. The molecule has 1 saturated heterocycles. The van der Waals surface area contributed by atoms with E-state index in [0.29, 0.717) is 18.4 Å². The highest BCUT2D eigenvalue weighted by atomic mass is 35.5. The fraction of sp³-hybridized carbons (Fsp3) is 0.333. The summed E-state index contributed by atoms with van der Waals surface area (Å²) in [6.45, 7) is 1.52. The number of nitrogens with zero attached hydrogens (tertiary/aromatic N) is 2. The Morgan fingerprint density at radius 1 is 0.906 bits per heavy atom. The number of carbonyl (C=O) groups excluding carboxylic acids is 4. The summed E-state index contributed by atoms with van der Waals surface area (Å²) in [5.74, 6) is -2.82. The second kappa shape index (κ2) is 9.04. The van der Waals surface area contributed by atoms with Gasteiger partial charge in [0.15, 0.2) is 5.78 Å². The van der Waals surface area contributed by atoms with Crippen LogP contribution in [0.2, 0.25) is 10.0 Å². The molecule has 3 amide bonds. The first-order valence-electron chi connectivity index (χ1n) is 10.6. The molecule has 2 aromatic rings. The summed E-state index contributed by atoms with van der Waals surface area (Å²) in [5, 5.41) is 2.32. The van der Waals surface area contributed by atoms with E-state index in [4.69, 9.17) is 23.2 Å². The average molecular weight is 473 g/mol. The molecule has 1 saturated carbocycles. The lowest BCUT2D eigenvalue weighted by Gasteiger charge is -2.34. The molecule has 0 bridgehead atoms. The predicted octanol–water partition coefficient (Wildman–Crippen LogP) is 4.80. The summed E-state index contributed by atoms with van der Waals surface area (Å²) in [5.41, 5.74) is 0.506. The third-order valence-electron chi connectivity index (χ3n) is 6.21. The number of halogens is 2. The topological polar surface area (TPSA) is 74.8 Å². The number of ketones is 1. The molecule has 3 atom stereocenters. The molecule has 1 heterocycles. The Hall–Kier alpha value is -2.70. The number of benzene rings is 2. The van der Waals surface area contributed by atoms with Crippen LogP contribution in [0.3, 0.4) is 0 Å². The Balaban J connectivity index is 1.76. The molecule has 0 N–H and O–H groups in total. The van der Waals surface area contributed by atoms with E-state index in [1.54, 1.807) is 30.3 Å². The Kier molecular flexibility index (Phi) is 6.35. The van der Waals surface area contributed by atoms with Crippen molar-refractivity contribution in [3.63, 3.8) is 0 Å². The Bertz CT molecular complexity index is 1060. The van der Waals surface area contributed by atoms with Gasteiger partial charge >= 0.3 is 0 Å². The molecule has 0 aromatic heterocycles.